The number of benzene rings is 1. The van der Waals surface area contributed by atoms with Crippen LogP contribution in [0.5, 0.6) is 5.75 Å². The second-order valence-corrected chi connectivity index (χ2v) is 5.40. The molecular weight excluding hydrogens is 318 g/mol. The molecule has 130 valence electrons. The Balaban J connectivity index is 0.00000484. The smallest absolute Gasteiger partial charge is 0.239 e. The Hall–Kier alpha value is -1.79. The van der Waals surface area contributed by atoms with Gasteiger partial charge in [0.1, 0.15) is 5.75 Å². The van der Waals surface area contributed by atoms with Crippen molar-refractivity contribution in [3.8, 4) is 5.75 Å². The molecule has 0 unspecified atom stereocenters. The molecule has 1 rings (SSSR count). The molecule has 0 spiro atoms. The van der Waals surface area contributed by atoms with E-state index in [1.807, 2.05) is 24.3 Å². The van der Waals surface area contributed by atoms with Crippen molar-refractivity contribution in [3.05, 3.63) is 29.8 Å². The first-order valence-electron chi connectivity index (χ1n) is 7.47. The number of hydrogen-bond acceptors (Lipinski definition) is 4. The fraction of sp³-hybridized carbons (Fsp3) is 0.500. The zero-order chi connectivity index (χ0) is 16.4. The minimum atomic E-state index is -0.354. The standard InChI is InChI=1S/C16H25N3O3.ClH/c1-12(2)7-8-22-14-6-4-3-5-13(14)10-18-16(21)11-19-15(20)9-17;/h3-6,12H,7-11,17H2,1-2H3,(H,18,21)(H,19,20);1H. The number of amides is 2. The Morgan fingerprint density at radius 1 is 1.17 bits per heavy atom. The number of hydrogen-bond donors (Lipinski definition) is 3. The van der Waals surface area contributed by atoms with E-state index in [0.717, 1.165) is 17.7 Å². The van der Waals surface area contributed by atoms with E-state index in [4.69, 9.17) is 10.5 Å². The van der Waals surface area contributed by atoms with E-state index in [0.29, 0.717) is 19.1 Å². The van der Waals surface area contributed by atoms with Crippen molar-refractivity contribution in [1.82, 2.24) is 10.6 Å². The molecule has 1 aromatic carbocycles. The molecule has 0 saturated heterocycles. The number of carbonyl (C=O) groups is 2. The van der Waals surface area contributed by atoms with Crippen LogP contribution >= 0.6 is 12.4 Å². The van der Waals surface area contributed by atoms with Gasteiger partial charge in [-0.1, -0.05) is 32.0 Å². The summed E-state index contributed by atoms with van der Waals surface area (Å²) in [6, 6.07) is 7.59. The summed E-state index contributed by atoms with van der Waals surface area (Å²) >= 11 is 0. The maximum absolute atomic E-state index is 11.6. The molecule has 1 aromatic rings. The van der Waals surface area contributed by atoms with Crippen LogP contribution in [-0.2, 0) is 16.1 Å². The van der Waals surface area contributed by atoms with Gasteiger partial charge in [-0.15, -0.1) is 12.4 Å². The Morgan fingerprint density at radius 2 is 1.87 bits per heavy atom. The van der Waals surface area contributed by atoms with Gasteiger partial charge in [0.15, 0.2) is 0 Å². The zero-order valence-electron chi connectivity index (χ0n) is 13.6. The van der Waals surface area contributed by atoms with E-state index in [9.17, 15) is 9.59 Å². The fourth-order valence-electron chi connectivity index (χ4n) is 1.70. The maximum Gasteiger partial charge on any atom is 0.239 e. The number of nitrogens with one attached hydrogen (secondary N) is 2. The van der Waals surface area contributed by atoms with Gasteiger partial charge in [-0.2, -0.15) is 0 Å². The molecule has 0 heterocycles. The topological polar surface area (TPSA) is 93.5 Å². The number of nitrogens with two attached hydrogens (primary N) is 1. The Labute approximate surface area is 143 Å². The molecule has 4 N–H and O–H groups in total. The molecule has 2 amide bonds. The Kier molecular flexibility index (Phi) is 10.8. The summed E-state index contributed by atoms with van der Waals surface area (Å²) in [6.07, 6.45) is 0.978. The number of ether oxygens (including phenoxy) is 1. The molecule has 0 aliphatic rings. The molecule has 6 nitrogen and oxygen atoms in total. The minimum absolute atomic E-state index is 0. The summed E-state index contributed by atoms with van der Waals surface area (Å²) < 4.78 is 5.76. The van der Waals surface area contributed by atoms with Crippen molar-refractivity contribution < 1.29 is 14.3 Å². The third-order valence-corrected chi connectivity index (χ3v) is 3.03. The first kappa shape index (κ1) is 21.2. The van der Waals surface area contributed by atoms with Crippen LogP contribution in [0.1, 0.15) is 25.8 Å². The van der Waals surface area contributed by atoms with E-state index in [1.165, 1.54) is 0 Å². The van der Waals surface area contributed by atoms with Crippen LogP contribution in [0.4, 0.5) is 0 Å². The SMILES string of the molecule is CC(C)CCOc1ccccc1CNC(=O)CNC(=O)CN.Cl. The number of carbonyl (C=O) groups excluding carboxylic acids is 2. The van der Waals surface area contributed by atoms with E-state index >= 15 is 0 Å². The molecule has 0 aliphatic carbocycles. The van der Waals surface area contributed by atoms with E-state index < -0.39 is 0 Å². The summed E-state index contributed by atoms with van der Waals surface area (Å²) in [6.45, 7) is 5.09. The van der Waals surface area contributed by atoms with Crippen LogP contribution in [0.3, 0.4) is 0 Å². The number of para-hydroxylation sites is 1. The maximum atomic E-state index is 11.6. The van der Waals surface area contributed by atoms with Gasteiger partial charge in [0.05, 0.1) is 19.7 Å². The van der Waals surface area contributed by atoms with Crippen LogP contribution in [-0.4, -0.2) is 31.5 Å². The zero-order valence-corrected chi connectivity index (χ0v) is 14.4. The van der Waals surface area contributed by atoms with Crippen molar-refractivity contribution in [2.75, 3.05) is 19.7 Å². The van der Waals surface area contributed by atoms with Gasteiger partial charge in [0.2, 0.25) is 11.8 Å². The molecule has 0 aliphatic heterocycles. The molecule has 0 saturated carbocycles. The highest BCUT2D eigenvalue weighted by molar-refractivity contribution is 5.85. The Morgan fingerprint density at radius 3 is 2.52 bits per heavy atom. The first-order chi connectivity index (χ1) is 10.5. The summed E-state index contributed by atoms with van der Waals surface area (Å²) in [5.41, 5.74) is 6.06. The van der Waals surface area contributed by atoms with Gasteiger partial charge in [-0.3, -0.25) is 9.59 Å². The van der Waals surface area contributed by atoms with Crippen molar-refractivity contribution >= 4 is 24.2 Å². The summed E-state index contributed by atoms with van der Waals surface area (Å²) in [7, 11) is 0. The van der Waals surface area contributed by atoms with Crippen LogP contribution in [0.15, 0.2) is 24.3 Å². The molecule has 0 bridgehead atoms. The lowest BCUT2D eigenvalue weighted by molar-refractivity contribution is -0.125. The van der Waals surface area contributed by atoms with Crippen LogP contribution in [0.25, 0.3) is 0 Å². The van der Waals surface area contributed by atoms with E-state index in [-0.39, 0.29) is 37.3 Å². The molecule has 0 atom stereocenters. The van der Waals surface area contributed by atoms with Crippen molar-refractivity contribution in [2.24, 2.45) is 11.7 Å². The van der Waals surface area contributed by atoms with Gasteiger partial charge >= 0.3 is 0 Å². The quantitative estimate of drug-likeness (QED) is 0.628. The van der Waals surface area contributed by atoms with E-state index in [2.05, 4.69) is 24.5 Å². The third-order valence-electron chi connectivity index (χ3n) is 3.03. The van der Waals surface area contributed by atoms with Crippen molar-refractivity contribution in [2.45, 2.75) is 26.8 Å². The van der Waals surface area contributed by atoms with Gasteiger partial charge in [0.25, 0.3) is 0 Å². The molecule has 0 fully saturated rings. The summed E-state index contributed by atoms with van der Waals surface area (Å²) in [5.74, 6) is 0.735. The molecule has 23 heavy (non-hydrogen) atoms. The highest BCUT2D eigenvalue weighted by Crippen LogP contribution is 2.18. The normalized spacial score (nSPS) is 9.91. The average molecular weight is 344 g/mol. The van der Waals surface area contributed by atoms with Crippen LogP contribution in [0.2, 0.25) is 0 Å². The fourth-order valence-corrected chi connectivity index (χ4v) is 1.70. The largest absolute Gasteiger partial charge is 0.493 e. The second-order valence-electron chi connectivity index (χ2n) is 5.40. The van der Waals surface area contributed by atoms with Crippen molar-refractivity contribution in [1.29, 1.82) is 0 Å². The van der Waals surface area contributed by atoms with Crippen LogP contribution < -0.4 is 21.1 Å². The predicted molar refractivity (Wildman–Crippen MR) is 92.6 cm³/mol. The predicted octanol–water partition coefficient (Wildman–Crippen LogP) is 1.22. The number of halogens is 1. The lowest BCUT2D eigenvalue weighted by Crippen LogP contribution is -2.39. The van der Waals surface area contributed by atoms with Gasteiger partial charge in [-0.25, -0.2) is 0 Å². The van der Waals surface area contributed by atoms with Gasteiger partial charge in [0, 0.05) is 12.1 Å². The monoisotopic (exact) mass is 343 g/mol. The lowest BCUT2D eigenvalue weighted by atomic mass is 10.1. The summed E-state index contributed by atoms with van der Waals surface area (Å²) in [5, 5.41) is 5.17. The highest BCUT2D eigenvalue weighted by atomic mass is 35.5. The van der Waals surface area contributed by atoms with Crippen molar-refractivity contribution in [3.63, 3.8) is 0 Å². The average Bonchev–Trinajstić information content (AvgIpc) is 2.51. The van der Waals surface area contributed by atoms with Gasteiger partial charge in [-0.05, 0) is 18.4 Å². The number of rotatable bonds is 9. The Bertz CT molecular complexity index is 495. The lowest BCUT2D eigenvalue weighted by Gasteiger charge is -2.13. The molecular formula is C16H26ClN3O3. The summed E-state index contributed by atoms with van der Waals surface area (Å²) in [4.78, 5) is 22.6. The molecule has 0 aromatic heterocycles. The third kappa shape index (κ3) is 9.05. The molecule has 0 radical (unpaired) electrons. The first-order valence-corrected chi connectivity index (χ1v) is 7.47. The molecule has 7 heteroatoms. The highest BCUT2D eigenvalue weighted by Gasteiger charge is 2.07. The minimum Gasteiger partial charge on any atom is -0.493 e. The van der Waals surface area contributed by atoms with Gasteiger partial charge < -0.3 is 21.1 Å². The van der Waals surface area contributed by atoms with E-state index in [1.54, 1.807) is 0 Å². The van der Waals surface area contributed by atoms with Crippen LogP contribution in [0, 0.1) is 5.92 Å². The second kappa shape index (κ2) is 11.7.